The van der Waals surface area contributed by atoms with Gasteiger partial charge in [-0.05, 0) is 49.2 Å². The summed E-state index contributed by atoms with van der Waals surface area (Å²) in [6, 6.07) is 17.2. The highest BCUT2D eigenvalue weighted by Crippen LogP contribution is 2.28. The summed E-state index contributed by atoms with van der Waals surface area (Å²) in [5, 5.41) is 4.11. The molecular weight excluding hydrogens is 394 g/mol. The van der Waals surface area contributed by atoms with E-state index in [-0.39, 0.29) is 11.8 Å². The first-order valence-corrected chi connectivity index (χ1v) is 9.44. The van der Waals surface area contributed by atoms with Gasteiger partial charge in [-0.3, -0.25) is 4.79 Å². The van der Waals surface area contributed by atoms with Crippen molar-refractivity contribution in [2.75, 3.05) is 13.1 Å². The number of amides is 1. The van der Waals surface area contributed by atoms with Crippen molar-refractivity contribution in [1.82, 2.24) is 15.0 Å². The quantitative estimate of drug-likeness (QED) is 0.635. The molecule has 0 bridgehead atoms. The van der Waals surface area contributed by atoms with Crippen LogP contribution in [0.15, 0.2) is 63.6 Å². The largest absolute Gasteiger partial charge is 0.339 e. The van der Waals surface area contributed by atoms with Crippen LogP contribution in [-0.2, 0) is 0 Å². The zero-order chi connectivity index (χ0) is 17.9. The Kier molecular flexibility index (Phi) is 4.84. The third-order valence-corrected chi connectivity index (χ3v) is 5.15. The number of rotatable bonds is 3. The summed E-state index contributed by atoms with van der Waals surface area (Å²) in [6.45, 7) is 1.37. The Morgan fingerprint density at radius 2 is 1.88 bits per heavy atom. The maximum Gasteiger partial charge on any atom is 0.253 e. The molecule has 1 fully saturated rings. The lowest BCUT2D eigenvalue weighted by atomic mass is 9.97. The van der Waals surface area contributed by atoms with Crippen LogP contribution in [0.3, 0.4) is 0 Å². The number of likely N-dealkylation sites (tertiary alicyclic amines) is 1. The van der Waals surface area contributed by atoms with Crippen molar-refractivity contribution in [2.24, 2.45) is 0 Å². The summed E-state index contributed by atoms with van der Waals surface area (Å²) in [7, 11) is 0. The molecule has 0 N–H and O–H groups in total. The molecule has 1 aromatic heterocycles. The van der Waals surface area contributed by atoms with Crippen molar-refractivity contribution in [3.05, 3.63) is 70.5 Å². The van der Waals surface area contributed by atoms with E-state index in [0.717, 1.165) is 29.4 Å². The fraction of sp³-hybridized carbons (Fsp3) is 0.250. The van der Waals surface area contributed by atoms with Crippen LogP contribution >= 0.6 is 15.9 Å². The van der Waals surface area contributed by atoms with E-state index in [1.807, 2.05) is 59.5 Å². The molecule has 0 radical (unpaired) electrons. The van der Waals surface area contributed by atoms with Gasteiger partial charge in [0.15, 0.2) is 0 Å². The van der Waals surface area contributed by atoms with Crippen LogP contribution in [0.25, 0.3) is 11.4 Å². The highest BCUT2D eigenvalue weighted by atomic mass is 79.9. The zero-order valence-corrected chi connectivity index (χ0v) is 15.7. The number of aromatic nitrogens is 2. The van der Waals surface area contributed by atoms with Crippen LogP contribution < -0.4 is 0 Å². The molecule has 132 valence electrons. The molecule has 26 heavy (non-hydrogen) atoms. The van der Waals surface area contributed by atoms with Gasteiger partial charge in [0.1, 0.15) is 0 Å². The Bertz CT molecular complexity index is 893. The molecule has 0 saturated carbocycles. The van der Waals surface area contributed by atoms with Crippen LogP contribution in [0.1, 0.15) is 35.0 Å². The maximum atomic E-state index is 12.7. The van der Waals surface area contributed by atoms with Crippen LogP contribution in [-0.4, -0.2) is 34.0 Å². The molecule has 2 aromatic carbocycles. The smallest absolute Gasteiger partial charge is 0.253 e. The van der Waals surface area contributed by atoms with E-state index < -0.39 is 0 Å². The van der Waals surface area contributed by atoms with E-state index in [1.54, 1.807) is 0 Å². The normalized spacial score (nSPS) is 17.3. The van der Waals surface area contributed by atoms with E-state index in [1.165, 1.54) is 0 Å². The molecule has 1 amide bonds. The molecular formula is C20H18BrN3O2. The van der Waals surface area contributed by atoms with Gasteiger partial charge in [0.05, 0.1) is 5.92 Å². The molecule has 6 heteroatoms. The van der Waals surface area contributed by atoms with Gasteiger partial charge in [-0.15, -0.1) is 0 Å². The van der Waals surface area contributed by atoms with Crippen LogP contribution in [0.5, 0.6) is 0 Å². The van der Waals surface area contributed by atoms with E-state index in [9.17, 15) is 4.79 Å². The Morgan fingerprint density at radius 1 is 1.12 bits per heavy atom. The van der Waals surface area contributed by atoms with E-state index in [0.29, 0.717) is 23.8 Å². The first-order chi connectivity index (χ1) is 12.7. The summed E-state index contributed by atoms with van der Waals surface area (Å²) in [6.07, 6.45) is 1.87. The molecule has 1 atom stereocenters. The summed E-state index contributed by atoms with van der Waals surface area (Å²) >= 11 is 3.42. The number of hydrogen-bond donors (Lipinski definition) is 0. The Morgan fingerprint density at radius 3 is 2.65 bits per heavy atom. The van der Waals surface area contributed by atoms with Crippen molar-refractivity contribution in [1.29, 1.82) is 0 Å². The zero-order valence-electron chi connectivity index (χ0n) is 14.1. The molecule has 1 aliphatic heterocycles. The number of nitrogens with zero attached hydrogens (tertiary/aromatic N) is 3. The third kappa shape index (κ3) is 3.55. The lowest BCUT2D eigenvalue weighted by molar-refractivity contribution is 0.0695. The van der Waals surface area contributed by atoms with Crippen molar-refractivity contribution in [3.63, 3.8) is 0 Å². The average molecular weight is 412 g/mol. The van der Waals surface area contributed by atoms with Gasteiger partial charge >= 0.3 is 0 Å². The van der Waals surface area contributed by atoms with Gasteiger partial charge < -0.3 is 9.42 Å². The number of carbonyl (C=O) groups is 1. The number of hydrogen-bond acceptors (Lipinski definition) is 4. The van der Waals surface area contributed by atoms with E-state index in [4.69, 9.17) is 4.52 Å². The molecule has 0 aliphatic carbocycles. The lowest BCUT2D eigenvalue weighted by Crippen LogP contribution is -2.39. The SMILES string of the molecule is O=C(c1ccccc1)N1CCCC(c2nc(-c3ccc(Br)cc3)no2)C1. The predicted octanol–water partition coefficient (Wildman–Crippen LogP) is 4.52. The molecule has 1 saturated heterocycles. The number of carbonyl (C=O) groups excluding carboxylic acids is 1. The predicted molar refractivity (Wildman–Crippen MR) is 102 cm³/mol. The topological polar surface area (TPSA) is 59.2 Å². The average Bonchev–Trinajstić information content (AvgIpc) is 3.19. The van der Waals surface area contributed by atoms with Gasteiger partial charge in [-0.1, -0.05) is 39.3 Å². The van der Waals surface area contributed by atoms with Crippen molar-refractivity contribution < 1.29 is 9.32 Å². The second-order valence-corrected chi connectivity index (χ2v) is 7.34. The van der Waals surface area contributed by atoms with Gasteiger partial charge in [-0.25, -0.2) is 0 Å². The highest BCUT2D eigenvalue weighted by Gasteiger charge is 2.29. The van der Waals surface area contributed by atoms with Crippen LogP contribution in [0.4, 0.5) is 0 Å². The second kappa shape index (κ2) is 7.41. The first-order valence-electron chi connectivity index (χ1n) is 8.64. The monoisotopic (exact) mass is 411 g/mol. The summed E-state index contributed by atoms with van der Waals surface area (Å²) < 4.78 is 6.52. The highest BCUT2D eigenvalue weighted by molar-refractivity contribution is 9.10. The lowest BCUT2D eigenvalue weighted by Gasteiger charge is -2.31. The molecule has 1 aliphatic rings. The maximum absolute atomic E-state index is 12.7. The third-order valence-electron chi connectivity index (χ3n) is 4.62. The Labute approximate surface area is 160 Å². The standard InChI is InChI=1S/C20H18BrN3O2/c21-17-10-8-14(9-11-17)18-22-19(26-23-18)16-7-4-12-24(13-16)20(25)15-5-2-1-3-6-15/h1-3,5-6,8-11,16H,4,7,12-13H2. The fourth-order valence-corrected chi connectivity index (χ4v) is 3.51. The molecule has 2 heterocycles. The first kappa shape index (κ1) is 17.0. The Balaban J connectivity index is 1.50. The van der Waals surface area contributed by atoms with E-state index in [2.05, 4.69) is 26.1 Å². The van der Waals surface area contributed by atoms with E-state index >= 15 is 0 Å². The second-order valence-electron chi connectivity index (χ2n) is 6.42. The summed E-state index contributed by atoms with van der Waals surface area (Å²) in [5.74, 6) is 1.32. The summed E-state index contributed by atoms with van der Waals surface area (Å²) in [5.41, 5.74) is 1.63. The number of halogens is 1. The van der Waals surface area contributed by atoms with Gasteiger partial charge in [0.2, 0.25) is 11.7 Å². The Hall–Kier alpha value is -2.47. The van der Waals surface area contributed by atoms with Gasteiger partial charge in [-0.2, -0.15) is 4.98 Å². The van der Waals surface area contributed by atoms with Crippen molar-refractivity contribution >= 4 is 21.8 Å². The van der Waals surface area contributed by atoms with Crippen molar-refractivity contribution in [2.45, 2.75) is 18.8 Å². The van der Waals surface area contributed by atoms with Gasteiger partial charge in [0.25, 0.3) is 5.91 Å². The number of piperidine rings is 1. The fourth-order valence-electron chi connectivity index (χ4n) is 3.24. The molecule has 1 unspecified atom stereocenters. The molecule has 4 rings (SSSR count). The number of benzene rings is 2. The van der Waals surface area contributed by atoms with Crippen LogP contribution in [0.2, 0.25) is 0 Å². The summed E-state index contributed by atoms with van der Waals surface area (Å²) in [4.78, 5) is 19.1. The molecule has 5 nitrogen and oxygen atoms in total. The minimum Gasteiger partial charge on any atom is -0.339 e. The minimum absolute atomic E-state index is 0.0583. The molecule has 0 spiro atoms. The minimum atomic E-state index is 0.0583. The van der Waals surface area contributed by atoms with Gasteiger partial charge in [0, 0.05) is 28.7 Å². The molecule has 3 aromatic rings. The van der Waals surface area contributed by atoms with Crippen LogP contribution in [0, 0.1) is 0 Å². The van der Waals surface area contributed by atoms with Crippen molar-refractivity contribution in [3.8, 4) is 11.4 Å².